The van der Waals surface area contributed by atoms with Gasteiger partial charge >= 0.3 is 0 Å². The lowest BCUT2D eigenvalue weighted by Gasteiger charge is -2.21. The molecule has 1 N–H and O–H groups in total. The van der Waals surface area contributed by atoms with Crippen LogP contribution in [0.2, 0.25) is 0 Å². The number of hydrogen-bond donors (Lipinski definition) is 1. The third kappa shape index (κ3) is 3.84. The molecule has 5 nitrogen and oxygen atoms in total. The van der Waals surface area contributed by atoms with Gasteiger partial charge in [0, 0.05) is 13.1 Å². The summed E-state index contributed by atoms with van der Waals surface area (Å²) in [5.41, 5.74) is -0.0109. The summed E-state index contributed by atoms with van der Waals surface area (Å²) in [7, 11) is 1.57. The van der Waals surface area contributed by atoms with Crippen molar-refractivity contribution in [3.05, 3.63) is 18.0 Å². The Morgan fingerprint density at radius 3 is 2.63 bits per heavy atom. The van der Waals surface area contributed by atoms with Crippen LogP contribution in [0.1, 0.15) is 44.1 Å². The largest absolute Gasteiger partial charge is 0.488 e. The van der Waals surface area contributed by atoms with Crippen molar-refractivity contribution in [2.24, 2.45) is 0 Å². The van der Waals surface area contributed by atoms with Crippen LogP contribution in [-0.4, -0.2) is 29.6 Å². The molecule has 19 heavy (non-hydrogen) atoms. The summed E-state index contributed by atoms with van der Waals surface area (Å²) < 4.78 is 11.5. The van der Waals surface area contributed by atoms with Crippen molar-refractivity contribution < 1.29 is 14.3 Å². The van der Waals surface area contributed by atoms with Crippen LogP contribution in [0.3, 0.4) is 0 Å². The summed E-state index contributed by atoms with van der Waals surface area (Å²) in [6.45, 7) is 5.88. The molecule has 104 valence electrons. The van der Waals surface area contributed by atoms with Crippen LogP contribution in [0.15, 0.2) is 12.3 Å². The first kappa shape index (κ1) is 13.6. The summed E-state index contributed by atoms with van der Waals surface area (Å²) in [6.07, 6.45) is 3.81. The Hall–Kier alpha value is -1.78. The molecule has 1 aliphatic rings. The van der Waals surface area contributed by atoms with Gasteiger partial charge < -0.3 is 14.8 Å². The molecule has 0 aromatic carbocycles. The predicted octanol–water partition coefficient (Wildman–Crippen LogP) is 2.16. The minimum Gasteiger partial charge on any atom is -0.488 e. The minimum atomic E-state index is -0.312. The van der Waals surface area contributed by atoms with Gasteiger partial charge in [0.15, 0.2) is 11.4 Å². The Bertz CT molecular complexity index is 476. The Balaban J connectivity index is 2.26. The topological polar surface area (TPSA) is 60.5 Å². The molecular weight excluding hydrogens is 244 g/mol. The fourth-order valence-electron chi connectivity index (χ4n) is 1.58. The molecule has 0 atom stereocenters. The van der Waals surface area contributed by atoms with Crippen molar-refractivity contribution in [1.29, 1.82) is 0 Å². The highest BCUT2D eigenvalue weighted by Gasteiger charge is 2.27. The maximum absolute atomic E-state index is 11.7. The lowest BCUT2D eigenvalue weighted by molar-refractivity contribution is 0.0952. The molecule has 0 unspecified atom stereocenters. The van der Waals surface area contributed by atoms with Crippen molar-refractivity contribution in [1.82, 2.24) is 10.3 Å². The van der Waals surface area contributed by atoms with E-state index in [2.05, 4.69) is 10.3 Å². The third-order valence-electron chi connectivity index (χ3n) is 2.51. The molecule has 1 aliphatic carbocycles. The average molecular weight is 264 g/mol. The first-order chi connectivity index (χ1) is 8.89. The lowest BCUT2D eigenvalue weighted by Crippen LogP contribution is -2.24. The Labute approximate surface area is 113 Å². The van der Waals surface area contributed by atoms with Crippen LogP contribution < -0.4 is 14.8 Å². The highest BCUT2D eigenvalue weighted by Crippen LogP contribution is 2.31. The fourth-order valence-corrected chi connectivity index (χ4v) is 1.58. The van der Waals surface area contributed by atoms with Gasteiger partial charge in [-0.3, -0.25) is 4.79 Å². The number of rotatable bonds is 4. The first-order valence-corrected chi connectivity index (χ1v) is 6.47. The second-order valence-corrected chi connectivity index (χ2v) is 5.63. The number of aromatic nitrogens is 1. The highest BCUT2D eigenvalue weighted by atomic mass is 16.5. The molecule has 1 amide bonds. The minimum absolute atomic E-state index is 0.204. The van der Waals surface area contributed by atoms with E-state index in [1.54, 1.807) is 19.3 Å². The van der Waals surface area contributed by atoms with Crippen LogP contribution in [0, 0.1) is 0 Å². The Kier molecular flexibility index (Phi) is 3.64. The van der Waals surface area contributed by atoms with Gasteiger partial charge in [0.05, 0.1) is 12.3 Å². The SMILES string of the molecule is CNC(=O)c1ncc(OC(C)(C)C)cc1OC1CC1. The van der Waals surface area contributed by atoms with Crippen LogP contribution >= 0.6 is 0 Å². The number of carbonyl (C=O) groups excluding carboxylic acids is 1. The first-order valence-electron chi connectivity index (χ1n) is 6.47. The van der Waals surface area contributed by atoms with E-state index in [0.717, 1.165) is 12.8 Å². The standard InChI is InChI=1S/C14H20N2O3/c1-14(2,3)19-10-7-11(18-9-5-6-9)12(16-8-10)13(17)15-4/h7-9H,5-6H2,1-4H3,(H,15,17). The van der Waals surface area contributed by atoms with E-state index < -0.39 is 0 Å². The summed E-state index contributed by atoms with van der Waals surface area (Å²) in [5, 5.41) is 2.56. The Morgan fingerprint density at radius 2 is 2.11 bits per heavy atom. The Morgan fingerprint density at radius 1 is 1.42 bits per heavy atom. The van der Waals surface area contributed by atoms with Gasteiger partial charge in [-0.15, -0.1) is 0 Å². The van der Waals surface area contributed by atoms with E-state index in [-0.39, 0.29) is 17.6 Å². The summed E-state index contributed by atoms with van der Waals surface area (Å²) in [6, 6.07) is 1.74. The fraction of sp³-hybridized carbons (Fsp3) is 0.571. The van der Waals surface area contributed by atoms with Crippen molar-refractivity contribution in [2.75, 3.05) is 7.05 Å². The van der Waals surface area contributed by atoms with Gasteiger partial charge in [-0.25, -0.2) is 4.98 Å². The molecular formula is C14H20N2O3. The van der Waals surface area contributed by atoms with E-state index in [0.29, 0.717) is 17.2 Å². The van der Waals surface area contributed by atoms with Gasteiger partial charge in [0.1, 0.15) is 11.4 Å². The second-order valence-electron chi connectivity index (χ2n) is 5.63. The zero-order chi connectivity index (χ0) is 14.0. The molecule has 0 radical (unpaired) electrons. The van der Waals surface area contributed by atoms with Gasteiger partial charge in [-0.1, -0.05) is 0 Å². The van der Waals surface area contributed by atoms with Gasteiger partial charge in [0.25, 0.3) is 5.91 Å². The third-order valence-corrected chi connectivity index (χ3v) is 2.51. The van der Waals surface area contributed by atoms with Crippen molar-refractivity contribution >= 4 is 5.91 Å². The normalized spacial score (nSPS) is 14.9. The smallest absolute Gasteiger partial charge is 0.273 e. The van der Waals surface area contributed by atoms with Crippen LogP contribution in [0.5, 0.6) is 11.5 Å². The van der Waals surface area contributed by atoms with E-state index in [1.165, 1.54) is 0 Å². The summed E-state index contributed by atoms with van der Waals surface area (Å²) >= 11 is 0. The van der Waals surface area contributed by atoms with E-state index in [9.17, 15) is 4.79 Å². The van der Waals surface area contributed by atoms with E-state index in [4.69, 9.17) is 9.47 Å². The molecule has 1 saturated carbocycles. The number of amides is 1. The highest BCUT2D eigenvalue weighted by molar-refractivity contribution is 5.94. The zero-order valence-corrected chi connectivity index (χ0v) is 11.8. The number of nitrogens with zero attached hydrogens (tertiary/aromatic N) is 1. The average Bonchev–Trinajstić information content (AvgIpc) is 3.10. The van der Waals surface area contributed by atoms with Crippen molar-refractivity contribution in [3.63, 3.8) is 0 Å². The lowest BCUT2D eigenvalue weighted by atomic mass is 10.2. The molecule has 0 saturated heterocycles. The maximum atomic E-state index is 11.7. The number of ether oxygens (including phenoxy) is 2. The molecule has 5 heteroatoms. The van der Waals surface area contributed by atoms with Gasteiger partial charge in [-0.2, -0.15) is 0 Å². The number of carbonyl (C=O) groups is 1. The summed E-state index contributed by atoms with van der Waals surface area (Å²) in [4.78, 5) is 15.9. The molecule has 0 bridgehead atoms. The quantitative estimate of drug-likeness (QED) is 0.905. The summed E-state index contributed by atoms with van der Waals surface area (Å²) in [5.74, 6) is 0.845. The molecule has 1 heterocycles. The van der Waals surface area contributed by atoms with Crippen molar-refractivity contribution in [3.8, 4) is 11.5 Å². The predicted molar refractivity (Wildman–Crippen MR) is 71.7 cm³/mol. The van der Waals surface area contributed by atoms with Crippen LogP contribution in [0.25, 0.3) is 0 Å². The van der Waals surface area contributed by atoms with Crippen molar-refractivity contribution in [2.45, 2.75) is 45.3 Å². The van der Waals surface area contributed by atoms with Gasteiger partial charge in [-0.05, 0) is 33.6 Å². The number of nitrogens with one attached hydrogen (secondary N) is 1. The number of pyridine rings is 1. The number of hydrogen-bond acceptors (Lipinski definition) is 4. The van der Waals surface area contributed by atoms with E-state index in [1.807, 2.05) is 20.8 Å². The molecule has 2 rings (SSSR count). The molecule has 0 spiro atoms. The van der Waals surface area contributed by atoms with E-state index >= 15 is 0 Å². The molecule has 1 aromatic rings. The second kappa shape index (κ2) is 5.07. The van der Waals surface area contributed by atoms with Crippen LogP contribution in [0.4, 0.5) is 0 Å². The monoisotopic (exact) mass is 264 g/mol. The van der Waals surface area contributed by atoms with Crippen LogP contribution in [-0.2, 0) is 0 Å². The molecule has 1 aromatic heterocycles. The zero-order valence-electron chi connectivity index (χ0n) is 11.8. The maximum Gasteiger partial charge on any atom is 0.273 e. The van der Waals surface area contributed by atoms with Gasteiger partial charge in [0.2, 0.25) is 0 Å². The molecule has 1 fully saturated rings. The molecule has 0 aliphatic heterocycles.